The molecule has 1 saturated heterocycles. The Labute approximate surface area is 171 Å². The van der Waals surface area contributed by atoms with E-state index in [0.717, 1.165) is 38.1 Å². The predicted octanol–water partition coefficient (Wildman–Crippen LogP) is 3.47. The molecule has 1 N–H and O–H groups in total. The Hall–Kier alpha value is -0.820. The van der Waals surface area contributed by atoms with Crippen LogP contribution in [-0.4, -0.2) is 61.6 Å². The molecule has 5 heteroatoms. The van der Waals surface area contributed by atoms with Crippen LogP contribution in [0.25, 0.3) is 0 Å². The topological polar surface area (TPSA) is 30.9 Å². The zero-order valence-corrected chi connectivity index (χ0v) is 18.8. The Kier molecular flexibility index (Phi) is 9.21. The van der Waals surface area contributed by atoms with E-state index in [1.54, 1.807) is 0 Å². The summed E-state index contributed by atoms with van der Waals surface area (Å²) in [5, 5.41) is 3.48. The van der Waals surface area contributed by atoms with Gasteiger partial charge in [0.25, 0.3) is 0 Å². The number of guanidine groups is 1. The summed E-state index contributed by atoms with van der Waals surface area (Å²) >= 11 is 0. The minimum Gasteiger partial charge on any atom is -0.357 e. The third-order valence-corrected chi connectivity index (χ3v) is 5.11. The first-order chi connectivity index (χ1) is 11.4. The van der Waals surface area contributed by atoms with Crippen LogP contribution in [0.4, 0.5) is 0 Å². The molecule has 1 aromatic carbocycles. The number of hydrogen-bond acceptors (Lipinski definition) is 2. The number of nitrogens with one attached hydrogen (secondary N) is 1. The number of likely N-dealkylation sites (tertiary alicyclic amines) is 1. The Balaban J connectivity index is 0.00000312. The molecule has 1 aliphatic rings. The van der Waals surface area contributed by atoms with Gasteiger partial charge in [0.1, 0.15) is 0 Å². The zero-order chi connectivity index (χ0) is 17.6. The van der Waals surface area contributed by atoms with Gasteiger partial charge < -0.3 is 15.1 Å². The predicted molar refractivity (Wildman–Crippen MR) is 119 cm³/mol. The van der Waals surface area contributed by atoms with E-state index < -0.39 is 0 Å². The number of aliphatic imine (C=N–C) groups is 1. The Morgan fingerprint density at radius 2 is 1.96 bits per heavy atom. The van der Waals surface area contributed by atoms with Gasteiger partial charge in [-0.15, -0.1) is 24.0 Å². The maximum absolute atomic E-state index is 4.92. The molecule has 0 radical (unpaired) electrons. The molecule has 142 valence electrons. The smallest absolute Gasteiger partial charge is 0.193 e. The maximum atomic E-state index is 4.92. The standard InChI is InChI=1S/C20H34N4.HI/c1-6-21-19(22-16-20(2,3)23(4)5)24-13-12-18(15-24)14-17-10-8-7-9-11-17;/h7-11,18H,6,12-16H2,1-5H3,(H,21,22);1H. The molecule has 0 saturated carbocycles. The molecule has 2 rings (SSSR count). The molecule has 4 nitrogen and oxygen atoms in total. The summed E-state index contributed by atoms with van der Waals surface area (Å²) < 4.78 is 0. The van der Waals surface area contributed by atoms with E-state index in [-0.39, 0.29) is 29.5 Å². The number of halogens is 1. The highest BCUT2D eigenvalue weighted by atomic mass is 127. The van der Waals surface area contributed by atoms with E-state index >= 15 is 0 Å². The molecular formula is C20H35IN4. The van der Waals surface area contributed by atoms with Gasteiger partial charge >= 0.3 is 0 Å². The van der Waals surface area contributed by atoms with Crippen LogP contribution in [0.1, 0.15) is 32.8 Å². The summed E-state index contributed by atoms with van der Waals surface area (Å²) in [7, 11) is 4.24. The SMILES string of the molecule is CCNC(=NCC(C)(C)N(C)C)N1CCC(Cc2ccccc2)C1.I. The van der Waals surface area contributed by atoms with Gasteiger partial charge in [0.15, 0.2) is 5.96 Å². The number of rotatable bonds is 6. The molecule has 0 aliphatic carbocycles. The fourth-order valence-electron chi connectivity index (χ4n) is 2.97. The quantitative estimate of drug-likeness (QED) is 0.403. The first kappa shape index (κ1) is 22.2. The van der Waals surface area contributed by atoms with Gasteiger partial charge in [-0.05, 0) is 59.2 Å². The molecule has 25 heavy (non-hydrogen) atoms. The highest BCUT2D eigenvalue weighted by Gasteiger charge is 2.26. The third kappa shape index (κ3) is 6.77. The van der Waals surface area contributed by atoms with Crippen molar-refractivity contribution < 1.29 is 0 Å². The summed E-state index contributed by atoms with van der Waals surface area (Å²) in [5.74, 6) is 1.79. The average Bonchev–Trinajstić information content (AvgIpc) is 3.00. The molecule has 0 spiro atoms. The van der Waals surface area contributed by atoms with Gasteiger partial charge in [0.2, 0.25) is 0 Å². The summed E-state index contributed by atoms with van der Waals surface area (Å²) in [6.45, 7) is 10.5. The molecule has 1 heterocycles. The Morgan fingerprint density at radius 1 is 1.28 bits per heavy atom. The lowest BCUT2D eigenvalue weighted by molar-refractivity contribution is 0.204. The van der Waals surface area contributed by atoms with Gasteiger partial charge in [0, 0.05) is 25.2 Å². The molecular weight excluding hydrogens is 423 g/mol. The number of likely N-dealkylation sites (N-methyl/N-ethyl adjacent to an activating group) is 1. The first-order valence-corrected chi connectivity index (χ1v) is 9.17. The summed E-state index contributed by atoms with van der Waals surface area (Å²) in [4.78, 5) is 9.59. The van der Waals surface area contributed by atoms with Crippen molar-refractivity contribution in [2.24, 2.45) is 10.9 Å². The van der Waals surface area contributed by atoms with Crippen molar-refractivity contribution in [2.45, 2.75) is 39.2 Å². The van der Waals surface area contributed by atoms with E-state index in [2.05, 4.69) is 80.3 Å². The van der Waals surface area contributed by atoms with Crippen LogP contribution in [0.5, 0.6) is 0 Å². The van der Waals surface area contributed by atoms with Gasteiger partial charge in [-0.3, -0.25) is 4.99 Å². The molecule has 0 amide bonds. The van der Waals surface area contributed by atoms with Gasteiger partial charge in [-0.25, -0.2) is 0 Å². The normalized spacial score (nSPS) is 18.4. The lowest BCUT2D eigenvalue weighted by atomic mass is 9.99. The van der Waals surface area contributed by atoms with Crippen LogP contribution < -0.4 is 5.32 Å². The van der Waals surface area contributed by atoms with Crippen molar-refractivity contribution >= 4 is 29.9 Å². The highest BCUT2D eigenvalue weighted by Crippen LogP contribution is 2.21. The van der Waals surface area contributed by atoms with Crippen LogP contribution in [0.15, 0.2) is 35.3 Å². The number of benzene rings is 1. The number of nitrogens with zero attached hydrogens (tertiary/aromatic N) is 3. The molecule has 0 bridgehead atoms. The molecule has 1 aromatic rings. The van der Waals surface area contributed by atoms with Crippen LogP contribution in [0, 0.1) is 5.92 Å². The summed E-state index contributed by atoms with van der Waals surface area (Å²) in [6.07, 6.45) is 2.41. The van der Waals surface area contributed by atoms with E-state index in [9.17, 15) is 0 Å². The Bertz CT molecular complexity index is 528. The van der Waals surface area contributed by atoms with Crippen molar-refractivity contribution in [3.63, 3.8) is 0 Å². The van der Waals surface area contributed by atoms with Crippen LogP contribution >= 0.6 is 24.0 Å². The molecule has 1 fully saturated rings. The third-order valence-electron chi connectivity index (χ3n) is 5.11. The number of hydrogen-bond donors (Lipinski definition) is 1. The van der Waals surface area contributed by atoms with Crippen molar-refractivity contribution in [1.82, 2.24) is 15.1 Å². The van der Waals surface area contributed by atoms with Crippen LogP contribution in [0.2, 0.25) is 0 Å². The van der Waals surface area contributed by atoms with Gasteiger partial charge in [0.05, 0.1) is 6.54 Å². The fraction of sp³-hybridized carbons (Fsp3) is 0.650. The zero-order valence-electron chi connectivity index (χ0n) is 16.5. The van der Waals surface area contributed by atoms with Crippen molar-refractivity contribution in [1.29, 1.82) is 0 Å². The first-order valence-electron chi connectivity index (χ1n) is 9.17. The monoisotopic (exact) mass is 458 g/mol. The van der Waals surface area contributed by atoms with E-state index in [1.807, 2.05) is 0 Å². The van der Waals surface area contributed by atoms with E-state index in [4.69, 9.17) is 4.99 Å². The van der Waals surface area contributed by atoms with Crippen LogP contribution in [0.3, 0.4) is 0 Å². The molecule has 1 unspecified atom stereocenters. The van der Waals surface area contributed by atoms with E-state index in [1.165, 1.54) is 18.4 Å². The minimum atomic E-state index is 0. The van der Waals surface area contributed by atoms with Crippen molar-refractivity contribution in [2.75, 3.05) is 40.3 Å². The highest BCUT2D eigenvalue weighted by molar-refractivity contribution is 14.0. The summed E-state index contributed by atoms with van der Waals surface area (Å²) in [6, 6.07) is 10.8. The summed E-state index contributed by atoms with van der Waals surface area (Å²) in [5.41, 5.74) is 1.52. The van der Waals surface area contributed by atoms with Gasteiger partial charge in [-0.1, -0.05) is 30.3 Å². The van der Waals surface area contributed by atoms with Crippen LogP contribution in [-0.2, 0) is 6.42 Å². The second-order valence-corrected chi connectivity index (χ2v) is 7.67. The Morgan fingerprint density at radius 3 is 2.56 bits per heavy atom. The lowest BCUT2D eigenvalue weighted by Crippen LogP contribution is -2.44. The van der Waals surface area contributed by atoms with Crippen molar-refractivity contribution in [3.05, 3.63) is 35.9 Å². The molecule has 1 atom stereocenters. The largest absolute Gasteiger partial charge is 0.357 e. The average molecular weight is 458 g/mol. The van der Waals surface area contributed by atoms with Gasteiger partial charge in [-0.2, -0.15) is 0 Å². The van der Waals surface area contributed by atoms with Crippen molar-refractivity contribution in [3.8, 4) is 0 Å². The maximum Gasteiger partial charge on any atom is 0.193 e. The second-order valence-electron chi connectivity index (χ2n) is 7.67. The second kappa shape index (κ2) is 10.4. The molecule has 1 aliphatic heterocycles. The minimum absolute atomic E-state index is 0. The fourth-order valence-corrected chi connectivity index (χ4v) is 2.97. The lowest BCUT2D eigenvalue weighted by Gasteiger charge is -2.32. The molecule has 0 aromatic heterocycles. The van der Waals surface area contributed by atoms with E-state index in [0.29, 0.717) is 0 Å².